The topological polar surface area (TPSA) is 48.5 Å². The Morgan fingerprint density at radius 1 is 1.19 bits per heavy atom. The minimum absolute atomic E-state index is 0. The number of carbonyl (C=O) groups excluding carboxylic acids is 1. The van der Waals surface area contributed by atoms with E-state index in [2.05, 4.69) is 15.2 Å². The van der Waals surface area contributed by atoms with Crippen molar-refractivity contribution in [2.24, 2.45) is 0 Å². The molecule has 0 radical (unpaired) electrons. The number of rotatable bonds is 2. The number of nitrogens with zero attached hydrogens (tertiary/aromatic N) is 3. The van der Waals surface area contributed by atoms with Gasteiger partial charge in [-0.3, -0.25) is 4.79 Å². The Labute approximate surface area is 137 Å². The Morgan fingerprint density at radius 2 is 1.95 bits per heavy atom. The van der Waals surface area contributed by atoms with Crippen molar-refractivity contribution in [3.8, 4) is 0 Å². The van der Waals surface area contributed by atoms with Crippen molar-refractivity contribution in [1.29, 1.82) is 0 Å². The fraction of sp³-hybridized carbons (Fsp3) is 0.571. The molecular formula is C14H22Cl2N4O. The number of aromatic nitrogens is 1. The highest BCUT2D eigenvalue weighted by molar-refractivity contribution is 5.85. The second-order valence-electron chi connectivity index (χ2n) is 5.15. The van der Waals surface area contributed by atoms with Gasteiger partial charge in [0.2, 0.25) is 5.91 Å². The summed E-state index contributed by atoms with van der Waals surface area (Å²) in [4.78, 5) is 20.9. The summed E-state index contributed by atoms with van der Waals surface area (Å²) in [6, 6.07) is 6.01. The van der Waals surface area contributed by atoms with Crippen LogP contribution in [0, 0.1) is 0 Å². The second-order valence-corrected chi connectivity index (χ2v) is 5.15. The Bertz CT molecular complexity index is 432. The number of anilines is 1. The van der Waals surface area contributed by atoms with Crippen LogP contribution >= 0.6 is 24.8 Å². The summed E-state index contributed by atoms with van der Waals surface area (Å²) >= 11 is 0. The maximum absolute atomic E-state index is 12.3. The minimum Gasteiger partial charge on any atom is -0.353 e. The van der Waals surface area contributed by atoms with Gasteiger partial charge in [-0.15, -0.1) is 24.8 Å². The van der Waals surface area contributed by atoms with Gasteiger partial charge in [0.25, 0.3) is 0 Å². The molecule has 3 rings (SSSR count). The van der Waals surface area contributed by atoms with Gasteiger partial charge in [0.15, 0.2) is 0 Å². The maximum Gasteiger partial charge on any atom is 0.239 e. The van der Waals surface area contributed by atoms with E-state index in [1.165, 1.54) is 0 Å². The van der Waals surface area contributed by atoms with Gasteiger partial charge in [-0.1, -0.05) is 6.07 Å². The highest BCUT2D eigenvalue weighted by atomic mass is 35.5. The van der Waals surface area contributed by atoms with Gasteiger partial charge < -0.3 is 15.1 Å². The van der Waals surface area contributed by atoms with E-state index in [1.54, 1.807) is 0 Å². The number of carbonyl (C=O) groups is 1. The fourth-order valence-corrected chi connectivity index (χ4v) is 2.81. The molecule has 1 atom stereocenters. The Kier molecular flexibility index (Phi) is 7.22. The zero-order chi connectivity index (χ0) is 13.1. The molecule has 2 fully saturated rings. The standard InChI is InChI=1S/C14H20N4O.2ClH/c19-14(12-4-3-7-15-12)18-10-8-17(9-11-18)13-5-1-2-6-16-13;;/h1-2,5-6,12,15H,3-4,7-11H2;2*1H/t12-;;/m0../s1. The third kappa shape index (κ3) is 4.22. The predicted molar refractivity (Wildman–Crippen MR) is 88.6 cm³/mol. The summed E-state index contributed by atoms with van der Waals surface area (Å²) in [7, 11) is 0. The summed E-state index contributed by atoms with van der Waals surface area (Å²) in [6.07, 6.45) is 3.92. The summed E-state index contributed by atoms with van der Waals surface area (Å²) in [5.41, 5.74) is 0. The van der Waals surface area contributed by atoms with Crippen LogP contribution in [0.3, 0.4) is 0 Å². The normalized spacial score (nSPS) is 21.4. The quantitative estimate of drug-likeness (QED) is 0.887. The van der Waals surface area contributed by atoms with E-state index in [4.69, 9.17) is 0 Å². The van der Waals surface area contributed by atoms with E-state index in [-0.39, 0.29) is 36.8 Å². The van der Waals surface area contributed by atoms with Gasteiger partial charge in [-0.05, 0) is 31.5 Å². The molecule has 0 saturated carbocycles. The molecule has 2 aliphatic rings. The van der Waals surface area contributed by atoms with Gasteiger partial charge in [0, 0.05) is 32.4 Å². The molecule has 2 aliphatic heterocycles. The molecule has 3 heterocycles. The van der Waals surface area contributed by atoms with Crippen LogP contribution in [0.25, 0.3) is 0 Å². The van der Waals surface area contributed by atoms with Crippen molar-refractivity contribution in [2.45, 2.75) is 18.9 Å². The zero-order valence-electron chi connectivity index (χ0n) is 11.9. The van der Waals surface area contributed by atoms with Gasteiger partial charge in [-0.25, -0.2) is 4.98 Å². The average Bonchev–Trinajstić information content (AvgIpc) is 3.02. The first-order valence-corrected chi connectivity index (χ1v) is 7.03. The number of halogens is 2. The SMILES string of the molecule is Cl.Cl.O=C([C@@H]1CCCN1)N1CCN(c2ccccn2)CC1. The molecule has 1 N–H and O–H groups in total. The van der Waals surface area contributed by atoms with Crippen molar-refractivity contribution < 1.29 is 4.79 Å². The van der Waals surface area contributed by atoms with Crippen LogP contribution in [-0.4, -0.2) is 54.6 Å². The molecule has 7 heteroatoms. The largest absolute Gasteiger partial charge is 0.353 e. The molecule has 1 aromatic rings. The van der Waals surface area contributed by atoms with Gasteiger partial charge in [0.1, 0.15) is 5.82 Å². The van der Waals surface area contributed by atoms with Gasteiger partial charge >= 0.3 is 0 Å². The minimum atomic E-state index is 0. The second kappa shape index (κ2) is 8.41. The number of hydrogen-bond acceptors (Lipinski definition) is 4. The molecule has 1 amide bonds. The maximum atomic E-state index is 12.3. The Balaban J connectivity index is 0.00000110. The first-order valence-electron chi connectivity index (χ1n) is 7.03. The number of piperazine rings is 1. The summed E-state index contributed by atoms with van der Waals surface area (Å²) in [5, 5.41) is 3.28. The van der Waals surface area contributed by atoms with E-state index >= 15 is 0 Å². The van der Waals surface area contributed by atoms with E-state index < -0.39 is 0 Å². The molecule has 21 heavy (non-hydrogen) atoms. The predicted octanol–water partition coefficient (Wildman–Crippen LogP) is 1.33. The van der Waals surface area contributed by atoms with Crippen LogP contribution in [0.2, 0.25) is 0 Å². The smallest absolute Gasteiger partial charge is 0.239 e. The molecule has 1 aromatic heterocycles. The first kappa shape index (κ1) is 18.0. The summed E-state index contributed by atoms with van der Waals surface area (Å²) in [5.74, 6) is 1.28. The lowest BCUT2D eigenvalue weighted by Crippen LogP contribution is -2.53. The van der Waals surface area contributed by atoms with Crippen molar-refractivity contribution >= 4 is 36.5 Å². The zero-order valence-corrected chi connectivity index (χ0v) is 13.5. The van der Waals surface area contributed by atoms with Gasteiger partial charge in [0.05, 0.1) is 6.04 Å². The van der Waals surface area contributed by atoms with E-state index in [1.807, 2.05) is 29.3 Å². The monoisotopic (exact) mass is 332 g/mol. The lowest BCUT2D eigenvalue weighted by Gasteiger charge is -2.36. The fourth-order valence-electron chi connectivity index (χ4n) is 2.81. The van der Waals surface area contributed by atoms with Crippen LogP contribution in [0.15, 0.2) is 24.4 Å². The van der Waals surface area contributed by atoms with Crippen LogP contribution in [0.5, 0.6) is 0 Å². The number of hydrogen-bond donors (Lipinski definition) is 1. The summed E-state index contributed by atoms with van der Waals surface area (Å²) < 4.78 is 0. The van der Waals surface area contributed by atoms with Crippen molar-refractivity contribution in [3.63, 3.8) is 0 Å². The molecule has 0 unspecified atom stereocenters. The van der Waals surface area contributed by atoms with Crippen LogP contribution < -0.4 is 10.2 Å². The average molecular weight is 333 g/mol. The number of pyridine rings is 1. The molecule has 0 aromatic carbocycles. The van der Waals surface area contributed by atoms with E-state index in [0.29, 0.717) is 0 Å². The number of amides is 1. The van der Waals surface area contributed by atoms with Crippen LogP contribution in [0.1, 0.15) is 12.8 Å². The molecule has 118 valence electrons. The summed E-state index contributed by atoms with van der Waals surface area (Å²) in [6.45, 7) is 4.32. The van der Waals surface area contributed by atoms with E-state index in [0.717, 1.165) is 51.4 Å². The van der Waals surface area contributed by atoms with Crippen molar-refractivity contribution in [3.05, 3.63) is 24.4 Å². The molecular weight excluding hydrogens is 311 g/mol. The Hall–Kier alpha value is -1.04. The lowest BCUT2D eigenvalue weighted by molar-refractivity contribution is -0.133. The molecule has 0 bridgehead atoms. The first-order chi connectivity index (χ1) is 9.34. The molecule has 0 aliphatic carbocycles. The van der Waals surface area contributed by atoms with Crippen molar-refractivity contribution in [1.82, 2.24) is 15.2 Å². The van der Waals surface area contributed by atoms with Crippen LogP contribution in [-0.2, 0) is 4.79 Å². The molecule has 0 spiro atoms. The van der Waals surface area contributed by atoms with Gasteiger partial charge in [-0.2, -0.15) is 0 Å². The third-order valence-corrected chi connectivity index (χ3v) is 3.92. The highest BCUT2D eigenvalue weighted by Gasteiger charge is 2.29. The Morgan fingerprint density at radius 3 is 2.52 bits per heavy atom. The third-order valence-electron chi connectivity index (χ3n) is 3.92. The molecule has 2 saturated heterocycles. The molecule has 5 nitrogen and oxygen atoms in total. The highest BCUT2D eigenvalue weighted by Crippen LogP contribution is 2.15. The van der Waals surface area contributed by atoms with Crippen LogP contribution in [0.4, 0.5) is 5.82 Å². The number of nitrogens with one attached hydrogen (secondary N) is 1. The van der Waals surface area contributed by atoms with Crippen molar-refractivity contribution in [2.75, 3.05) is 37.6 Å². The van der Waals surface area contributed by atoms with E-state index in [9.17, 15) is 4.79 Å². The lowest BCUT2D eigenvalue weighted by atomic mass is 10.2.